The number of aryl methyl sites for hydroxylation is 1. The van der Waals surface area contributed by atoms with Gasteiger partial charge < -0.3 is 4.98 Å². The fourth-order valence-corrected chi connectivity index (χ4v) is 1.99. The molecule has 1 aromatic heterocycles. The summed E-state index contributed by atoms with van der Waals surface area (Å²) in [4.78, 5) is 15.4. The van der Waals surface area contributed by atoms with Crippen LogP contribution in [-0.2, 0) is 0 Å². The van der Waals surface area contributed by atoms with Crippen molar-refractivity contribution in [2.24, 2.45) is 5.92 Å². The van der Waals surface area contributed by atoms with E-state index in [1.165, 1.54) is 0 Å². The van der Waals surface area contributed by atoms with Crippen LogP contribution in [0.3, 0.4) is 0 Å². The highest BCUT2D eigenvalue weighted by Crippen LogP contribution is 2.22. The Hall–Kier alpha value is -1.57. The summed E-state index contributed by atoms with van der Waals surface area (Å²) in [6.45, 7) is 8.49. The summed E-state index contributed by atoms with van der Waals surface area (Å²) in [5.41, 5.74) is 3.20. The van der Waals surface area contributed by atoms with Crippen LogP contribution in [0.5, 0.6) is 0 Å². The van der Waals surface area contributed by atoms with Crippen molar-refractivity contribution in [1.29, 1.82) is 0 Å². The molecule has 0 radical (unpaired) electrons. The van der Waals surface area contributed by atoms with Gasteiger partial charge in [0.2, 0.25) is 0 Å². The highest BCUT2D eigenvalue weighted by Gasteiger charge is 2.12. The molecule has 1 heterocycles. The van der Waals surface area contributed by atoms with E-state index in [0.717, 1.165) is 22.2 Å². The lowest BCUT2D eigenvalue weighted by Crippen LogP contribution is -2.10. The lowest BCUT2D eigenvalue weighted by molar-refractivity contribution is 0.525. The molecule has 17 heavy (non-hydrogen) atoms. The molecule has 1 atom stereocenters. The Labute approximate surface area is 102 Å². The Morgan fingerprint density at radius 3 is 2.47 bits per heavy atom. The van der Waals surface area contributed by atoms with E-state index >= 15 is 0 Å². The van der Waals surface area contributed by atoms with E-state index in [4.69, 9.17) is 0 Å². The second-order valence-electron chi connectivity index (χ2n) is 5.17. The van der Waals surface area contributed by atoms with Crippen LogP contribution in [0, 0.1) is 12.8 Å². The van der Waals surface area contributed by atoms with Crippen LogP contribution in [0.15, 0.2) is 29.1 Å². The van der Waals surface area contributed by atoms with E-state index < -0.39 is 0 Å². The summed E-state index contributed by atoms with van der Waals surface area (Å²) in [5, 5.41) is 0.782. The lowest BCUT2D eigenvalue weighted by atomic mass is 9.93. The van der Waals surface area contributed by atoms with Gasteiger partial charge in [-0.1, -0.05) is 32.4 Å². The van der Waals surface area contributed by atoms with Crippen molar-refractivity contribution in [2.45, 2.75) is 33.6 Å². The molecule has 1 N–H and O–H groups in total. The van der Waals surface area contributed by atoms with Gasteiger partial charge in [-0.3, -0.25) is 4.79 Å². The highest BCUT2D eigenvalue weighted by molar-refractivity contribution is 5.79. The Kier molecular flexibility index (Phi) is 3.05. The van der Waals surface area contributed by atoms with Gasteiger partial charge in [0.05, 0.1) is 0 Å². The summed E-state index contributed by atoms with van der Waals surface area (Å²) < 4.78 is 0. The van der Waals surface area contributed by atoms with E-state index in [1.54, 1.807) is 6.07 Å². The molecule has 0 aliphatic rings. The molecule has 0 spiro atoms. The number of rotatable bonds is 2. The Balaban J connectivity index is 2.64. The maximum absolute atomic E-state index is 12.1. The molecule has 0 saturated heterocycles. The minimum absolute atomic E-state index is 0.116. The average molecular weight is 229 g/mol. The van der Waals surface area contributed by atoms with Gasteiger partial charge in [-0.2, -0.15) is 0 Å². The van der Waals surface area contributed by atoms with Gasteiger partial charge in [0, 0.05) is 22.7 Å². The van der Waals surface area contributed by atoms with Crippen molar-refractivity contribution in [3.8, 4) is 0 Å². The van der Waals surface area contributed by atoms with Crippen LogP contribution < -0.4 is 5.43 Å². The van der Waals surface area contributed by atoms with Gasteiger partial charge in [0.15, 0.2) is 5.43 Å². The van der Waals surface area contributed by atoms with Crippen molar-refractivity contribution < 1.29 is 0 Å². The van der Waals surface area contributed by atoms with Gasteiger partial charge in [-0.05, 0) is 30.9 Å². The molecule has 2 rings (SSSR count). The van der Waals surface area contributed by atoms with Crippen molar-refractivity contribution >= 4 is 10.9 Å². The number of benzene rings is 1. The fraction of sp³-hybridized carbons (Fsp3) is 0.400. The molecule has 0 fully saturated rings. The molecule has 0 bridgehead atoms. The first-order valence-electron chi connectivity index (χ1n) is 6.12. The van der Waals surface area contributed by atoms with Crippen LogP contribution in [0.2, 0.25) is 0 Å². The predicted octanol–water partition coefficient (Wildman–Crippen LogP) is 3.60. The number of aromatic nitrogens is 1. The van der Waals surface area contributed by atoms with E-state index in [-0.39, 0.29) is 5.43 Å². The fourth-order valence-electron chi connectivity index (χ4n) is 1.99. The van der Waals surface area contributed by atoms with E-state index in [9.17, 15) is 4.79 Å². The van der Waals surface area contributed by atoms with E-state index in [1.807, 2.05) is 25.1 Å². The van der Waals surface area contributed by atoms with Crippen molar-refractivity contribution in [2.75, 3.05) is 0 Å². The molecule has 0 saturated carbocycles. The van der Waals surface area contributed by atoms with Gasteiger partial charge in [-0.25, -0.2) is 0 Å². The SMILES string of the molecule is Cc1ccc2[nH]c(C(C)C(C)C)cc(=O)c2c1. The number of aromatic amines is 1. The molecule has 0 aliphatic heterocycles. The minimum atomic E-state index is 0.116. The summed E-state index contributed by atoms with van der Waals surface area (Å²) >= 11 is 0. The van der Waals surface area contributed by atoms with Crippen LogP contribution in [0.1, 0.15) is 37.9 Å². The molecular weight excluding hydrogens is 210 g/mol. The van der Waals surface area contributed by atoms with Gasteiger partial charge in [0.25, 0.3) is 0 Å². The zero-order chi connectivity index (χ0) is 12.6. The second kappa shape index (κ2) is 4.36. The first-order chi connectivity index (χ1) is 7.99. The minimum Gasteiger partial charge on any atom is -0.358 e. The number of pyridine rings is 1. The third kappa shape index (κ3) is 2.26. The predicted molar refractivity (Wildman–Crippen MR) is 72.6 cm³/mol. The summed E-state index contributed by atoms with van der Waals surface area (Å²) in [7, 11) is 0. The van der Waals surface area contributed by atoms with Crippen LogP contribution in [0.25, 0.3) is 10.9 Å². The monoisotopic (exact) mass is 229 g/mol. The van der Waals surface area contributed by atoms with Crippen LogP contribution >= 0.6 is 0 Å². The quantitative estimate of drug-likeness (QED) is 0.838. The summed E-state index contributed by atoms with van der Waals surface area (Å²) in [6.07, 6.45) is 0. The normalized spacial score (nSPS) is 13.2. The maximum Gasteiger partial charge on any atom is 0.189 e. The van der Waals surface area contributed by atoms with Crippen molar-refractivity contribution in [1.82, 2.24) is 4.98 Å². The first-order valence-corrected chi connectivity index (χ1v) is 6.12. The molecule has 90 valence electrons. The smallest absolute Gasteiger partial charge is 0.189 e. The molecular formula is C15H19NO. The highest BCUT2D eigenvalue weighted by atomic mass is 16.1. The third-order valence-corrected chi connectivity index (χ3v) is 3.50. The molecule has 0 aliphatic carbocycles. The molecule has 1 unspecified atom stereocenters. The second-order valence-corrected chi connectivity index (χ2v) is 5.17. The van der Waals surface area contributed by atoms with Crippen LogP contribution in [0.4, 0.5) is 0 Å². The number of hydrogen-bond acceptors (Lipinski definition) is 1. The average Bonchev–Trinajstić information content (AvgIpc) is 2.28. The van der Waals surface area contributed by atoms with E-state index in [2.05, 4.69) is 25.8 Å². The number of H-pyrrole nitrogens is 1. The Morgan fingerprint density at radius 2 is 1.82 bits per heavy atom. The largest absolute Gasteiger partial charge is 0.358 e. The zero-order valence-electron chi connectivity index (χ0n) is 10.9. The first kappa shape index (κ1) is 11.9. The van der Waals surface area contributed by atoms with Gasteiger partial charge >= 0.3 is 0 Å². The molecule has 2 heteroatoms. The lowest BCUT2D eigenvalue weighted by Gasteiger charge is -2.16. The van der Waals surface area contributed by atoms with Crippen LogP contribution in [-0.4, -0.2) is 4.98 Å². The Bertz CT molecular complexity index is 595. The zero-order valence-corrected chi connectivity index (χ0v) is 10.9. The summed E-state index contributed by atoms with van der Waals surface area (Å²) in [5.74, 6) is 0.891. The van der Waals surface area contributed by atoms with Crippen molar-refractivity contribution in [3.63, 3.8) is 0 Å². The van der Waals surface area contributed by atoms with Gasteiger partial charge in [0.1, 0.15) is 0 Å². The molecule has 1 aromatic carbocycles. The molecule has 0 amide bonds. The van der Waals surface area contributed by atoms with Crippen molar-refractivity contribution in [3.05, 3.63) is 45.7 Å². The standard InChI is InChI=1S/C15H19NO/c1-9(2)11(4)14-8-15(17)12-7-10(3)5-6-13(12)16-14/h5-9,11H,1-4H3,(H,16,17). The van der Waals surface area contributed by atoms with E-state index in [0.29, 0.717) is 11.8 Å². The topological polar surface area (TPSA) is 32.9 Å². The number of nitrogens with one attached hydrogen (secondary N) is 1. The number of fused-ring (bicyclic) bond motifs is 1. The van der Waals surface area contributed by atoms with Gasteiger partial charge in [-0.15, -0.1) is 0 Å². The maximum atomic E-state index is 12.1. The Morgan fingerprint density at radius 1 is 1.12 bits per heavy atom. The molecule has 2 nitrogen and oxygen atoms in total. The summed E-state index contributed by atoms with van der Waals surface area (Å²) in [6, 6.07) is 7.70. The third-order valence-electron chi connectivity index (χ3n) is 3.50. The molecule has 2 aromatic rings. The number of hydrogen-bond donors (Lipinski definition) is 1.